The van der Waals surface area contributed by atoms with Crippen molar-refractivity contribution in [3.05, 3.63) is 12.0 Å². The molecular weight excluding hydrogens is 122 g/mol. The third kappa shape index (κ3) is 3.87. The van der Waals surface area contributed by atoms with E-state index in [2.05, 4.69) is 4.72 Å². The van der Waals surface area contributed by atoms with Crippen molar-refractivity contribution in [2.24, 2.45) is 0 Å². The van der Waals surface area contributed by atoms with Crippen LogP contribution in [-0.2, 0) is 0 Å². The van der Waals surface area contributed by atoms with Crippen LogP contribution in [0, 0.1) is 0 Å². The molecule has 3 heteroatoms. The molecule has 0 aromatic carbocycles. The topological polar surface area (TPSA) is 32.3 Å². The summed E-state index contributed by atoms with van der Waals surface area (Å²) in [4.78, 5) is 0. The molecule has 0 atom stereocenters. The summed E-state index contributed by atoms with van der Waals surface area (Å²) in [6.07, 6.45) is 4.18. The van der Waals surface area contributed by atoms with Crippen molar-refractivity contribution in [2.45, 2.75) is 13.3 Å². The quantitative estimate of drug-likeness (QED) is 0.453. The van der Waals surface area contributed by atoms with E-state index in [1.165, 1.54) is 11.9 Å². The molecule has 0 spiro atoms. The highest BCUT2D eigenvalue weighted by Crippen LogP contribution is 1.92. The highest BCUT2D eigenvalue weighted by molar-refractivity contribution is 7.96. The third-order valence-electron chi connectivity index (χ3n) is 0.706. The van der Waals surface area contributed by atoms with Crippen LogP contribution in [0.3, 0.4) is 0 Å². The van der Waals surface area contributed by atoms with Gasteiger partial charge in [-0.25, -0.2) is 0 Å². The minimum Gasteiger partial charge on any atom is -0.511 e. The fourth-order valence-electron chi connectivity index (χ4n) is 0.229. The fraction of sp³-hybridized carbons (Fsp3) is 0.600. The number of aliphatic hydroxyl groups is 1. The average Bonchev–Trinajstić information content (AvgIpc) is 1.83. The van der Waals surface area contributed by atoms with Gasteiger partial charge in [-0.05, 0) is 0 Å². The first-order chi connectivity index (χ1) is 3.81. The molecule has 0 aliphatic heterocycles. The predicted molar refractivity (Wildman–Crippen MR) is 37.7 cm³/mol. The van der Waals surface area contributed by atoms with Crippen molar-refractivity contribution >= 4 is 11.9 Å². The molecule has 48 valence electrons. The van der Waals surface area contributed by atoms with Crippen molar-refractivity contribution in [3.8, 4) is 0 Å². The first kappa shape index (κ1) is 7.69. The van der Waals surface area contributed by atoms with E-state index in [1.54, 1.807) is 6.20 Å². The molecule has 0 amide bonds. The molecule has 0 saturated carbocycles. The van der Waals surface area contributed by atoms with Gasteiger partial charge in [0.25, 0.3) is 0 Å². The van der Waals surface area contributed by atoms with Gasteiger partial charge in [0.1, 0.15) is 5.76 Å². The Bertz CT molecular complexity index is 82.5. The van der Waals surface area contributed by atoms with Crippen LogP contribution < -0.4 is 4.72 Å². The molecule has 0 aromatic heterocycles. The van der Waals surface area contributed by atoms with E-state index in [4.69, 9.17) is 5.11 Å². The molecule has 0 aliphatic rings. The molecule has 0 saturated heterocycles. The molecule has 0 heterocycles. The molecule has 0 bridgehead atoms. The number of hydrogen-bond donors (Lipinski definition) is 2. The highest BCUT2D eigenvalue weighted by atomic mass is 32.2. The van der Waals surface area contributed by atoms with Crippen LogP contribution in [0.15, 0.2) is 12.0 Å². The van der Waals surface area contributed by atoms with Crippen LogP contribution >= 0.6 is 11.9 Å². The fourth-order valence-corrected chi connectivity index (χ4v) is 0.483. The summed E-state index contributed by atoms with van der Waals surface area (Å²) in [7, 11) is 0. The van der Waals surface area contributed by atoms with Crippen LogP contribution in [-0.4, -0.2) is 11.4 Å². The van der Waals surface area contributed by atoms with E-state index >= 15 is 0 Å². The van der Waals surface area contributed by atoms with Gasteiger partial charge in [-0.15, -0.1) is 0 Å². The maximum Gasteiger partial charge on any atom is 0.108 e. The Kier molecular flexibility index (Phi) is 4.65. The first-order valence-electron chi connectivity index (χ1n) is 2.47. The molecule has 0 unspecified atom stereocenters. The number of aliphatic hydroxyl groups excluding tert-OH is 1. The summed E-state index contributed by atoms with van der Waals surface area (Å²) in [5.41, 5.74) is 0. The zero-order valence-electron chi connectivity index (χ0n) is 5.14. The zero-order chi connectivity index (χ0) is 6.41. The Morgan fingerprint density at radius 3 is 2.88 bits per heavy atom. The van der Waals surface area contributed by atoms with Gasteiger partial charge < -0.3 is 9.83 Å². The van der Waals surface area contributed by atoms with Crippen LogP contribution in [0.25, 0.3) is 0 Å². The van der Waals surface area contributed by atoms with Crippen molar-refractivity contribution in [3.63, 3.8) is 0 Å². The van der Waals surface area contributed by atoms with Gasteiger partial charge >= 0.3 is 0 Å². The Morgan fingerprint density at radius 1 is 1.88 bits per heavy atom. The predicted octanol–water partition coefficient (Wildman–Crippen LogP) is 1.66. The van der Waals surface area contributed by atoms with E-state index in [0.717, 1.165) is 0 Å². The van der Waals surface area contributed by atoms with E-state index < -0.39 is 0 Å². The second-order valence-corrected chi connectivity index (χ2v) is 1.96. The molecule has 2 N–H and O–H groups in total. The monoisotopic (exact) mass is 133 g/mol. The highest BCUT2D eigenvalue weighted by Gasteiger charge is 1.81. The summed E-state index contributed by atoms with van der Waals surface area (Å²) < 4.78 is 2.80. The lowest BCUT2D eigenvalue weighted by atomic mass is 10.4. The van der Waals surface area contributed by atoms with Crippen LogP contribution in [0.2, 0.25) is 0 Å². The normalized spacial score (nSPS) is 11.5. The summed E-state index contributed by atoms with van der Waals surface area (Å²) in [6, 6.07) is 0. The molecule has 0 aliphatic carbocycles. The SMILES string of the molecule is CC/C(O)=C/NSC. The van der Waals surface area contributed by atoms with Crippen molar-refractivity contribution in [1.29, 1.82) is 0 Å². The summed E-state index contributed by atoms with van der Waals surface area (Å²) in [5, 5.41) is 8.77. The van der Waals surface area contributed by atoms with Crippen molar-refractivity contribution in [1.82, 2.24) is 4.72 Å². The maximum absolute atomic E-state index is 8.77. The van der Waals surface area contributed by atoms with Gasteiger partial charge in [-0.2, -0.15) is 0 Å². The second-order valence-electron chi connectivity index (χ2n) is 1.31. The third-order valence-corrected chi connectivity index (χ3v) is 1.06. The maximum atomic E-state index is 8.77. The largest absolute Gasteiger partial charge is 0.511 e. The van der Waals surface area contributed by atoms with Gasteiger partial charge in [0.2, 0.25) is 0 Å². The second kappa shape index (κ2) is 4.84. The molecule has 8 heavy (non-hydrogen) atoms. The molecule has 0 radical (unpaired) electrons. The molecule has 0 fully saturated rings. The van der Waals surface area contributed by atoms with Crippen LogP contribution in [0.1, 0.15) is 13.3 Å². The molecule has 0 rings (SSSR count). The summed E-state index contributed by atoms with van der Waals surface area (Å²) in [5.74, 6) is 0.388. The van der Waals surface area contributed by atoms with Gasteiger partial charge in [-0.1, -0.05) is 18.9 Å². The Hall–Kier alpha value is -0.310. The van der Waals surface area contributed by atoms with Gasteiger partial charge in [0.05, 0.1) is 0 Å². The Labute approximate surface area is 54.1 Å². The summed E-state index contributed by atoms with van der Waals surface area (Å²) >= 11 is 1.46. The van der Waals surface area contributed by atoms with Crippen LogP contribution in [0.4, 0.5) is 0 Å². The smallest absolute Gasteiger partial charge is 0.108 e. The minimum atomic E-state index is 0.388. The van der Waals surface area contributed by atoms with E-state index in [0.29, 0.717) is 12.2 Å². The lowest BCUT2D eigenvalue weighted by molar-refractivity contribution is 0.392. The number of nitrogens with one attached hydrogen (secondary N) is 1. The van der Waals surface area contributed by atoms with Crippen molar-refractivity contribution in [2.75, 3.05) is 6.26 Å². The minimum absolute atomic E-state index is 0.388. The lowest BCUT2D eigenvalue weighted by Crippen LogP contribution is -1.91. The average molecular weight is 133 g/mol. The number of allylic oxidation sites excluding steroid dienone is 1. The van der Waals surface area contributed by atoms with Gasteiger partial charge in [0, 0.05) is 18.9 Å². The van der Waals surface area contributed by atoms with E-state index in [-0.39, 0.29) is 0 Å². The number of rotatable bonds is 3. The molecule has 0 aromatic rings. The van der Waals surface area contributed by atoms with Crippen LogP contribution in [0.5, 0.6) is 0 Å². The first-order valence-corrected chi connectivity index (χ1v) is 3.70. The molecular formula is C5H11NOS. The molecule has 2 nitrogen and oxygen atoms in total. The van der Waals surface area contributed by atoms with E-state index in [1.807, 2.05) is 13.2 Å². The lowest BCUT2D eigenvalue weighted by Gasteiger charge is -1.93. The zero-order valence-corrected chi connectivity index (χ0v) is 5.96. The standard InChI is InChI=1S/C5H11NOS/c1-3-5(7)4-6-8-2/h4,6-7H,3H2,1-2H3/b5-4-. The van der Waals surface area contributed by atoms with E-state index in [9.17, 15) is 0 Å². The Balaban J connectivity index is 3.26. The van der Waals surface area contributed by atoms with Gasteiger partial charge in [0.15, 0.2) is 0 Å². The summed E-state index contributed by atoms with van der Waals surface area (Å²) in [6.45, 7) is 1.90. The Morgan fingerprint density at radius 2 is 2.50 bits per heavy atom. The number of hydrogen-bond acceptors (Lipinski definition) is 3. The van der Waals surface area contributed by atoms with Gasteiger partial charge in [-0.3, -0.25) is 0 Å². The van der Waals surface area contributed by atoms with Crippen molar-refractivity contribution < 1.29 is 5.11 Å².